The van der Waals surface area contributed by atoms with E-state index < -0.39 is 5.60 Å². The lowest BCUT2D eigenvalue weighted by Crippen LogP contribution is -2.47. The van der Waals surface area contributed by atoms with Crippen LogP contribution in [0.25, 0.3) is 0 Å². The molecular formula is C16H26N2O3. The van der Waals surface area contributed by atoms with Crippen LogP contribution in [0, 0.1) is 5.92 Å². The summed E-state index contributed by atoms with van der Waals surface area (Å²) in [6, 6.07) is 9.30. The Balaban J connectivity index is 2.09. The second-order valence-electron chi connectivity index (χ2n) is 5.64. The normalized spacial score (nSPS) is 13.6. The Hall–Kier alpha value is -1.75. The van der Waals surface area contributed by atoms with E-state index in [-0.39, 0.29) is 18.5 Å². The third kappa shape index (κ3) is 6.99. The van der Waals surface area contributed by atoms with E-state index in [4.69, 9.17) is 4.74 Å². The molecule has 5 nitrogen and oxygen atoms in total. The molecule has 0 aliphatic heterocycles. The molecule has 2 amide bonds. The fourth-order valence-electron chi connectivity index (χ4n) is 1.51. The lowest BCUT2D eigenvalue weighted by Gasteiger charge is -2.27. The van der Waals surface area contributed by atoms with Crippen LogP contribution in [-0.2, 0) is 0 Å². The van der Waals surface area contributed by atoms with Crippen LogP contribution in [-0.4, -0.2) is 36.4 Å². The summed E-state index contributed by atoms with van der Waals surface area (Å²) in [5.41, 5.74) is -0.895. The van der Waals surface area contributed by atoms with Gasteiger partial charge in [0.1, 0.15) is 5.75 Å². The van der Waals surface area contributed by atoms with E-state index in [9.17, 15) is 9.90 Å². The highest BCUT2D eigenvalue weighted by atomic mass is 16.5. The zero-order chi connectivity index (χ0) is 15.7. The average molecular weight is 294 g/mol. The SMILES string of the molecule is CC(C)C(C)(O)CNC(=O)NCCCOc1ccccc1. The fraction of sp³-hybridized carbons (Fsp3) is 0.562. The number of para-hydroxylation sites is 1. The van der Waals surface area contributed by atoms with Gasteiger partial charge in [0, 0.05) is 13.1 Å². The highest BCUT2D eigenvalue weighted by Crippen LogP contribution is 2.14. The van der Waals surface area contributed by atoms with Crippen molar-refractivity contribution in [2.75, 3.05) is 19.7 Å². The van der Waals surface area contributed by atoms with Gasteiger partial charge >= 0.3 is 6.03 Å². The molecule has 3 N–H and O–H groups in total. The molecule has 0 saturated carbocycles. The molecule has 0 aromatic heterocycles. The second-order valence-corrected chi connectivity index (χ2v) is 5.64. The molecule has 1 aromatic rings. The number of benzene rings is 1. The van der Waals surface area contributed by atoms with Gasteiger partial charge in [-0.15, -0.1) is 0 Å². The molecule has 0 heterocycles. The Morgan fingerprint density at radius 1 is 1.29 bits per heavy atom. The van der Waals surface area contributed by atoms with Crippen molar-refractivity contribution in [2.45, 2.75) is 32.8 Å². The molecule has 0 radical (unpaired) electrons. The van der Waals surface area contributed by atoms with E-state index in [1.54, 1.807) is 6.92 Å². The summed E-state index contributed by atoms with van der Waals surface area (Å²) in [6.07, 6.45) is 0.725. The molecule has 0 saturated heterocycles. The number of urea groups is 1. The molecule has 0 fully saturated rings. The van der Waals surface area contributed by atoms with Crippen molar-refractivity contribution in [3.63, 3.8) is 0 Å². The predicted molar refractivity (Wildman–Crippen MR) is 83.4 cm³/mol. The topological polar surface area (TPSA) is 70.6 Å². The van der Waals surface area contributed by atoms with E-state index in [0.717, 1.165) is 12.2 Å². The highest BCUT2D eigenvalue weighted by molar-refractivity contribution is 5.73. The van der Waals surface area contributed by atoms with Crippen molar-refractivity contribution in [3.8, 4) is 5.75 Å². The fourth-order valence-corrected chi connectivity index (χ4v) is 1.51. The van der Waals surface area contributed by atoms with Crippen LogP contribution in [0.15, 0.2) is 30.3 Å². The third-order valence-corrected chi connectivity index (χ3v) is 3.47. The number of aliphatic hydroxyl groups is 1. The van der Waals surface area contributed by atoms with Crippen molar-refractivity contribution >= 4 is 6.03 Å². The van der Waals surface area contributed by atoms with Gasteiger partial charge in [0.25, 0.3) is 0 Å². The van der Waals surface area contributed by atoms with Gasteiger partial charge in [-0.25, -0.2) is 4.79 Å². The number of hydrogen-bond acceptors (Lipinski definition) is 3. The third-order valence-electron chi connectivity index (χ3n) is 3.47. The molecule has 1 aromatic carbocycles. The van der Waals surface area contributed by atoms with E-state index in [1.807, 2.05) is 44.2 Å². The van der Waals surface area contributed by atoms with Crippen LogP contribution in [0.1, 0.15) is 27.2 Å². The monoisotopic (exact) mass is 294 g/mol. The summed E-state index contributed by atoms with van der Waals surface area (Å²) in [6.45, 7) is 6.86. The van der Waals surface area contributed by atoms with Crippen molar-refractivity contribution in [1.29, 1.82) is 0 Å². The van der Waals surface area contributed by atoms with Crippen molar-refractivity contribution in [2.24, 2.45) is 5.92 Å². The maximum absolute atomic E-state index is 11.6. The number of rotatable bonds is 8. The van der Waals surface area contributed by atoms with Gasteiger partial charge in [-0.05, 0) is 31.4 Å². The maximum Gasteiger partial charge on any atom is 0.314 e. The summed E-state index contributed by atoms with van der Waals surface area (Å²) in [4.78, 5) is 11.6. The van der Waals surface area contributed by atoms with Crippen molar-refractivity contribution in [1.82, 2.24) is 10.6 Å². The number of amides is 2. The van der Waals surface area contributed by atoms with E-state index in [1.165, 1.54) is 0 Å². The summed E-state index contributed by atoms with van der Waals surface area (Å²) < 4.78 is 5.52. The van der Waals surface area contributed by atoms with Crippen molar-refractivity contribution in [3.05, 3.63) is 30.3 Å². The molecule has 0 aliphatic rings. The lowest BCUT2D eigenvalue weighted by atomic mass is 9.93. The van der Waals surface area contributed by atoms with Gasteiger partial charge in [-0.2, -0.15) is 0 Å². The molecule has 5 heteroatoms. The molecule has 1 unspecified atom stereocenters. The molecule has 1 rings (SSSR count). The van der Waals surface area contributed by atoms with E-state index >= 15 is 0 Å². The van der Waals surface area contributed by atoms with Gasteiger partial charge in [-0.1, -0.05) is 32.0 Å². The summed E-state index contributed by atoms with van der Waals surface area (Å²) >= 11 is 0. The van der Waals surface area contributed by atoms with Gasteiger partial charge in [-0.3, -0.25) is 0 Å². The molecule has 0 aliphatic carbocycles. The Morgan fingerprint density at radius 3 is 2.57 bits per heavy atom. The first-order valence-corrected chi connectivity index (χ1v) is 7.34. The number of hydrogen-bond donors (Lipinski definition) is 3. The van der Waals surface area contributed by atoms with Crippen LogP contribution >= 0.6 is 0 Å². The molecule has 0 bridgehead atoms. The van der Waals surface area contributed by atoms with Gasteiger partial charge < -0.3 is 20.5 Å². The summed E-state index contributed by atoms with van der Waals surface area (Å²) in [5, 5.41) is 15.4. The van der Waals surface area contributed by atoms with Gasteiger partial charge in [0.15, 0.2) is 0 Å². The maximum atomic E-state index is 11.6. The number of carbonyl (C=O) groups excluding carboxylic acids is 1. The minimum Gasteiger partial charge on any atom is -0.494 e. The second kappa shape index (κ2) is 8.52. The summed E-state index contributed by atoms with van der Waals surface area (Å²) in [7, 11) is 0. The first-order chi connectivity index (χ1) is 9.92. The van der Waals surface area contributed by atoms with Crippen LogP contribution in [0.2, 0.25) is 0 Å². The molecule has 118 valence electrons. The van der Waals surface area contributed by atoms with Crippen LogP contribution in [0.4, 0.5) is 4.79 Å². The van der Waals surface area contributed by atoms with Crippen LogP contribution in [0.3, 0.4) is 0 Å². The van der Waals surface area contributed by atoms with E-state index in [2.05, 4.69) is 10.6 Å². The Labute approximate surface area is 126 Å². The van der Waals surface area contributed by atoms with E-state index in [0.29, 0.717) is 13.2 Å². The zero-order valence-electron chi connectivity index (χ0n) is 13.1. The molecule has 0 spiro atoms. The Bertz CT molecular complexity index is 419. The number of carbonyl (C=O) groups is 1. The lowest BCUT2D eigenvalue weighted by molar-refractivity contribution is 0.0166. The number of nitrogens with one attached hydrogen (secondary N) is 2. The van der Waals surface area contributed by atoms with Gasteiger partial charge in [0.2, 0.25) is 0 Å². The molecular weight excluding hydrogens is 268 g/mol. The zero-order valence-corrected chi connectivity index (χ0v) is 13.1. The first-order valence-electron chi connectivity index (χ1n) is 7.34. The average Bonchev–Trinajstić information content (AvgIpc) is 2.46. The quantitative estimate of drug-likeness (QED) is 0.643. The minimum absolute atomic E-state index is 0.0806. The smallest absolute Gasteiger partial charge is 0.314 e. The molecule has 1 atom stereocenters. The van der Waals surface area contributed by atoms with Crippen LogP contribution < -0.4 is 15.4 Å². The molecule has 21 heavy (non-hydrogen) atoms. The Kier molecular flexibility index (Phi) is 7.02. The standard InChI is InChI=1S/C16H26N2O3/c1-13(2)16(3,20)12-18-15(19)17-10-7-11-21-14-8-5-4-6-9-14/h4-6,8-9,13,20H,7,10-12H2,1-3H3,(H2,17,18,19). The Morgan fingerprint density at radius 2 is 1.95 bits per heavy atom. The number of ether oxygens (including phenoxy) is 1. The largest absolute Gasteiger partial charge is 0.494 e. The van der Waals surface area contributed by atoms with Crippen molar-refractivity contribution < 1.29 is 14.6 Å². The highest BCUT2D eigenvalue weighted by Gasteiger charge is 2.25. The van der Waals surface area contributed by atoms with Crippen LogP contribution in [0.5, 0.6) is 5.75 Å². The minimum atomic E-state index is -0.895. The van der Waals surface area contributed by atoms with Gasteiger partial charge in [0.05, 0.1) is 12.2 Å². The predicted octanol–water partition coefficient (Wildman–Crippen LogP) is 2.16. The summed E-state index contributed by atoms with van der Waals surface area (Å²) in [5.74, 6) is 0.909. The first kappa shape index (κ1) is 17.3.